The third-order valence-electron chi connectivity index (χ3n) is 3.07. The number of carbonyl (C=O) groups excluding carboxylic acids is 1. The fourth-order valence-electron chi connectivity index (χ4n) is 2.13. The predicted octanol–water partition coefficient (Wildman–Crippen LogP) is 2.69. The number of nitrogens with zero attached hydrogens (tertiary/aromatic N) is 2. The van der Waals surface area contributed by atoms with E-state index in [2.05, 4.69) is 15.3 Å². The van der Waals surface area contributed by atoms with Gasteiger partial charge in [-0.2, -0.15) is 4.98 Å². The lowest BCUT2D eigenvalue weighted by atomic mass is 10.1. The number of benzene rings is 1. The zero-order chi connectivity index (χ0) is 16.2. The summed E-state index contributed by atoms with van der Waals surface area (Å²) in [6, 6.07) is 9.95. The molecular formula is C16H15N3O3S. The van der Waals surface area contributed by atoms with Crippen LogP contribution in [0.2, 0.25) is 0 Å². The molecule has 23 heavy (non-hydrogen) atoms. The number of aliphatic hydroxyl groups excluding tert-OH is 1. The number of anilines is 1. The highest BCUT2D eigenvalue weighted by Gasteiger charge is 2.07. The van der Waals surface area contributed by atoms with E-state index in [0.717, 1.165) is 26.3 Å². The van der Waals surface area contributed by atoms with Gasteiger partial charge in [0.15, 0.2) is 0 Å². The average Bonchev–Trinajstić information content (AvgIpc) is 2.93. The number of aliphatic hydroxyl groups is 1. The maximum absolute atomic E-state index is 11.1. The van der Waals surface area contributed by atoms with E-state index in [1.165, 1.54) is 18.3 Å². The van der Waals surface area contributed by atoms with Gasteiger partial charge in [-0.15, -0.1) is 11.3 Å². The lowest BCUT2D eigenvalue weighted by molar-refractivity contribution is -0.114. The summed E-state index contributed by atoms with van der Waals surface area (Å²) in [6.45, 7) is 1.57. The maximum atomic E-state index is 11.1. The minimum Gasteiger partial charge on any atom is -0.461 e. The number of aromatic nitrogens is 2. The Kier molecular flexibility index (Phi) is 4.50. The van der Waals surface area contributed by atoms with E-state index in [9.17, 15) is 4.79 Å². The second-order valence-electron chi connectivity index (χ2n) is 4.84. The molecule has 0 saturated carbocycles. The van der Waals surface area contributed by atoms with Crippen molar-refractivity contribution in [3.8, 4) is 17.3 Å². The molecule has 0 aliphatic carbocycles. The monoisotopic (exact) mass is 329 g/mol. The van der Waals surface area contributed by atoms with Crippen molar-refractivity contribution in [3.05, 3.63) is 36.5 Å². The lowest BCUT2D eigenvalue weighted by Gasteiger charge is -2.04. The number of hydrogen-bond acceptors (Lipinski definition) is 6. The predicted molar refractivity (Wildman–Crippen MR) is 89.7 cm³/mol. The van der Waals surface area contributed by atoms with Crippen molar-refractivity contribution in [3.63, 3.8) is 0 Å². The molecule has 1 aromatic carbocycles. The molecule has 0 atom stereocenters. The highest BCUT2D eigenvalue weighted by molar-refractivity contribution is 7.23. The van der Waals surface area contributed by atoms with Crippen LogP contribution in [0.3, 0.4) is 0 Å². The van der Waals surface area contributed by atoms with Crippen molar-refractivity contribution in [1.29, 1.82) is 0 Å². The van der Waals surface area contributed by atoms with E-state index >= 15 is 0 Å². The quantitative estimate of drug-likeness (QED) is 0.752. The first-order valence-corrected chi connectivity index (χ1v) is 7.85. The number of amides is 1. The normalized spacial score (nSPS) is 10.7. The third-order valence-corrected chi connectivity index (χ3v) is 4.08. The van der Waals surface area contributed by atoms with Crippen LogP contribution in [0.15, 0.2) is 36.5 Å². The summed E-state index contributed by atoms with van der Waals surface area (Å²) in [4.78, 5) is 19.5. The number of ether oxygens (including phenoxy) is 1. The molecule has 0 spiro atoms. The Balaban J connectivity index is 1.92. The molecule has 2 N–H and O–H groups in total. The number of thiophene rings is 1. The van der Waals surface area contributed by atoms with Gasteiger partial charge >= 0.3 is 6.01 Å². The first kappa shape index (κ1) is 15.4. The van der Waals surface area contributed by atoms with Gasteiger partial charge in [0, 0.05) is 23.4 Å². The van der Waals surface area contributed by atoms with Gasteiger partial charge in [-0.1, -0.05) is 12.1 Å². The first-order valence-electron chi connectivity index (χ1n) is 7.04. The topological polar surface area (TPSA) is 84.3 Å². The summed E-state index contributed by atoms with van der Waals surface area (Å²) in [6.07, 6.45) is 1.62. The van der Waals surface area contributed by atoms with Crippen LogP contribution in [0.5, 0.6) is 6.01 Å². The second kappa shape index (κ2) is 6.72. The first-order chi connectivity index (χ1) is 11.2. The van der Waals surface area contributed by atoms with Crippen LogP contribution >= 0.6 is 11.3 Å². The van der Waals surface area contributed by atoms with Gasteiger partial charge in [0.1, 0.15) is 6.61 Å². The van der Waals surface area contributed by atoms with Crippen molar-refractivity contribution in [1.82, 2.24) is 9.97 Å². The molecule has 6 nitrogen and oxygen atoms in total. The fourth-order valence-corrected chi connectivity index (χ4v) is 3.18. The van der Waals surface area contributed by atoms with Gasteiger partial charge in [0.2, 0.25) is 5.91 Å². The molecule has 2 heterocycles. The number of rotatable bonds is 5. The molecule has 2 aromatic heterocycles. The highest BCUT2D eigenvalue weighted by atomic mass is 32.1. The SMILES string of the molecule is CC(=O)Nc1cc2ccc(-c3ccnc(OCCO)n3)cc2s1. The number of hydrogen-bond donors (Lipinski definition) is 2. The van der Waals surface area contributed by atoms with E-state index in [4.69, 9.17) is 9.84 Å². The van der Waals surface area contributed by atoms with E-state index in [1.807, 2.05) is 24.3 Å². The minimum absolute atomic E-state index is 0.0827. The molecule has 0 fully saturated rings. The summed E-state index contributed by atoms with van der Waals surface area (Å²) < 4.78 is 6.29. The summed E-state index contributed by atoms with van der Waals surface area (Å²) in [7, 11) is 0. The molecule has 3 rings (SSSR count). The molecule has 118 valence electrons. The third kappa shape index (κ3) is 3.64. The molecule has 3 aromatic rings. The second-order valence-corrected chi connectivity index (χ2v) is 5.92. The van der Waals surface area contributed by atoms with Crippen molar-refractivity contribution >= 4 is 32.3 Å². The van der Waals surface area contributed by atoms with Crippen LogP contribution in [0.4, 0.5) is 5.00 Å². The highest BCUT2D eigenvalue weighted by Crippen LogP contribution is 2.33. The molecule has 0 aliphatic rings. The molecule has 0 saturated heterocycles. The van der Waals surface area contributed by atoms with Gasteiger partial charge in [-0.3, -0.25) is 4.79 Å². The largest absolute Gasteiger partial charge is 0.461 e. The Labute approximate surface area is 136 Å². The van der Waals surface area contributed by atoms with Gasteiger partial charge in [-0.05, 0) is 23.6 Å². The number of nitrogens with one attached hydrogen (secondary N) is 1. The Morgan fingerprint density at radius 1 is 1.35 bits per heavy atom. The zero-order valence-corrected chi connectivity index (χ0v) is 13.3. The zero-order valence-electron chi connectivity index (χ0n) is 12.4. The van der Waals surface area contributed by atoms with Crippen LogP contribution in [-0.2, 0) is 4.79 Å². The molecule has 0 aliphatic heterocycles. The number of carbonyl (C=O) groups is 1. The van der Waals surface area contributed by atoms with Crippen LogP contribution in [0.1, 0.15) is 6.92 Å². The van der Waals surface area contributed by atoms with Crippen LogP contribution < -0.4 is 10.1 Å². The van der Waals surface area contributed by atoms with Gasteiger partial charge < -0.3 is 15.2 Å². The Morgan fingerprint density at radius 2 is 2.22 bits per heavy atom. The van der Waals surface area contributed by atoms with Crippen LogP contribution in [0, 0.1) is 0 Å². The maximum Gasteiger partial charge on any atom is 0.316 e. The number of fused-ring (bicyclic) bond motifs is 1. The van der Waals surface area contributed by atoms with Crippen LogP contribution in [-0.4, -0.2) is 34.2 Å². The molecule has 7 heteroatoms. The van der Waals surface area contributed by atoms with Gasteiger partial charge in [0.25, 0.3) is 0 Å². The standard InChI is InChI=1S/C16H15N3O3S/c1-10(21)18-15-9-12-3-2-11(8-14(12)23-15)13-4-5-17-16(19-13)22-7-6-20/h2-5,8-9,20H,6-7H2,1H3,(H,18,21). The fraction of sp³-hybridized carbons (Fsp3) is 0.188. The lowest BCUT2D eigenvalue weighted by Crippen LogP contribution is -2.04. The Hall–Kier alpha value is -2.51. The summed E-state index contributed by atoms with van der Waals surface area (Å²) in [5, 5.41) is 13.5. The van der Waals surface area contributed by atoms with Gasteiger partial charge in [-0.25, -0.2) is 4.98 Å². The Bertz CT molecular complexity index is 847. The summed E-state index contributed by atoms with van der Waals surface area (Å²) in [5.41, 5.74) is 1.68. The molecule has 0 unspecified atom stereocenters. The molecule has 0 bridgehead atoms. The molecule has 1 amide bonds. The van der Waals surface area contributed by atoms with Crippen molar-refractivity contribution in [2.24, 2.45) is 0 Å². The summed E-state index contributed by atoms with van der Waals surface area (Å²) >= 11 is 1.51. The van der Waals surface area contributed by atoms with E-state index in [1.54, 1.807) is 12.3 Å². The van der Waals surface area contributed by atoms with Crippen molar-refractivity contribution in [2.45, 2.75) is 6.92 Å². The van der Waals surface area contributed by atoms with Crippen molar-refractivity contribution in [2.75, 3.05) is 18.5 Å². The van der Waals surface area contributed by atoms with Crippen LogP contribution in [0.25, 0.3) is 21.3 Å². The van der Waals surface area contributed by atoms with E-state index in [-0.39, 0.29) is 25.1 Å². The van der Waals surface area contributed by atoms with E-state index < -0.39 is 0 Å². The van der Waals surface area contributed by atoms with Gasteiger partial charge in [0.05, 0.1) is 17.3 Å². The Morgan fingerprint density at radius 3 is 3.00 bits per heavy atom. The summed E-state index contributed by atoms with van der Waals surface area (Å²) in [5.74, 6) is -0.0850. The van der Waals surface area contributed by atoms with E-state index in [0.29, 0.717) is 0 Å². The molecule has 0 radical (unpaired) electrons. The average molecular weight is 329 g/mol. The molecular weight excluding hydrogens is 314 g/mol. The van der Waals surface area contributed by atoms with Crippen molar-refractivity contribution < 1.29 is 14.6 Å². The smallest absolute Gasteiger partial charge is 0.316 e. The minimum atomic E-state index is -0.0850.